The molecule has 0 saturated carbocycles. The number of nitrogens with one attached hydrogen (secondary N) is 1. The normalized spacial score (nSPS) is 14.7. The van der Waals surface area contributed by atoms with E-state index in [1.54, 1.807) is 0 Å². The summed E-state index contributed by atoms with van der Waals surface area (Å²) in [6.07, 6.45) is 2.38. The molecule has 0 aliphatic rings. The van der Waals surface area contributed by atoms with E-state index in [4.69, 9.17) is 0 Å². The molecule has 0 aliphatic heterocycles. The van der Waals surface area contributed by atoms with Crippen molar-refractivity contribution >= 4 is 0 Å². The van der Waals surface area contributed by atoms with Crippen molar-refractivity contribution in [2.24, 2.45) is 11.3 Å². The molecular weight excluding hydrogens is 230 g/mol. The predicted octanol–water partition coefficient (Wildman–Crippen LogP) is 4.51. The molecule has 108 valence electrons. The smallest absolute Gasteiger partial charge is 0.000836 e. The second-order valence-corrected chi connectivity index (χ2v) is 6.78. The monoisotopic (exact) mass is 261 g/mol. The fraction of sp³-hybridized carbons (Fsp3) is 0.667. The zero-order valence-corrected chi connectivity index (χ0v) is 13.6. The highest BCUT2D eigenvalue weighted by molar-refractivity contribution is 5.30. The molecule has 1 unspecified atom stereocenters. The number of hydrogen-bond donors (Lipinski definition) is 1. The Morgan fingerprint density at radius 3 is 2.37 bits per heavy atom. The van der Waals surface area contributed by atoms with Gasteiger partial charge in [0.15, 0.2) is 0 Å². The molecule has 0 fully saturated rings. The van der Waals surface area contributed by atoms with E-state index in [0.717, 1.165) is 25.4 Å². The van der Waals surface area contributed by atoms with E-state index < -0.39 is 0 Å². The van der Waals surface area contributed by atoms with E-state index in [9.17, 15) is 0 Å². The summed E-state index contributed by atoms with van der Waals surface area (Å²) in [4.78, 5) is 0. The largest absolute Gasteiger partial charge is 0.316 e. The Morgan fingerprint density at radius 1 is 1.16 bits per heavy atom. The van der Waals surface area contributed by atoms with E-state index >= 15 is 0 Å². The van der Waals surface area contributed by atoms with Gasteiger partial charge < -0.3 is 5.32 Å². The number of aryl methyl sites for hydroxylation is 2. The minimum atomic E-state index is 0.358. The number of hydrogen-bond acceptors (Lipinski definition) is 1. The molecule has 1 atom stereocenters. The van der Waals surface area contributed by atoms with Gasteiger partial charge in [0.25, 0.3) is 0 Å². The van der Waals surface area contributed by atoms with Crippen molar-refractivity contribution in [3.63, 3.8) is 0 Å². The summed E-state index contributed by atoms with van der Waals surface area (Å²) in [5, 5.41) is 3.62. The Bertz CT molecular complexity index is 395. The van der Waals surface area contributed by atoms with Crippen molar-refractivity contribution in [1.29, 1.82) is 0 Å². The van der Waals surface area contributed by atoms with Crippen LogP contribution in [0.3, 0.4) is 0 Å². The third-order valence-corrected chi connectivity index (χ3v) is 4.16. The Balaban J connectivity index is 2.65. The third-order valence-electron chi connectivity index (χ3n) is 4.16. The molecule has 19 heavy (non-hydrogen) atoms. The molecule has 0 heterocycles. The number of benzene rings is 1. The van der Waals surface area contributed by atoms with E-state index in [2.05, 4.69) is 65.1 Å². The summed E-state index contributed by atoms with van der Waals surface area (Å²) >= 11 is 0. The van der Waals surface area contributed by atoms with Crippen LogP contribution in [-0.4, -0.2) is 13.1 Å². The minimum Gasteiger partial charge on any atom is -0.316 e. The first kappa shape index (κ1) is 16.2. The molecule has 0 aliphatic carbocycles. The highest BCUT2D eigenvalue weighted by Crippen LogP contribution is 2.26. The molecule has 1 N–H and O–H groups in total. The molecule has 0 spiro atoms. The van der Waals surface area contributed by atoms with Crippen LogP contribution in [0.5, 0.6) is 0 Å². The van der Waals surface area contributed by atoms with Crippen molar-refractivity contribution in [2.45, 2.75) is 54.4 Å². The molecule has 0 radical (unpaired) electrons. The van der Waals surface area contributed by atoms with Crippen LogP contribution in [0.15, 0.2) is 18.2 Å². The van der Waals surface area contributed by atoms with Crippen molar-refractivity contribution < 1.29 is 0 Å². The molecular formula is C18H31N. The van der Waals surface area contributed by atoms with Gasteiger partial charge in [-0.25, -0.2) is 0 Å². The lowest BCUT2D eigenvalue weighted by Gasteiger charge is -2.29. The van der Waals surface area contributed by atoms with Gasteiger partial charge in [-0.05, 0) is 61.3 Å². The van der Waals surface area contributed by atoms with Gasteiger partial charge >= 0.3 is 0 Å². The molecule has 1 rings (SSSR count). The first-order valence-corrected chi connectivity index (χ1v) is 7.63. The second kappa shape index (κ2) is 7.09. The van der Waals surface area contributed by atoms with Crippen LogP contribution in [-0.2, 0) is 6.42 Å². The predicted molar refractivity (Wildman–Crippen MR) is 85.7 cm³/mol. The lowest BCUT2D eigenvalue weighted by atomic mass is 9.80. The summed E-state index contributed by atoms with van der Waals surface area (Å²) in [5.41, 5.74) is 4.63. The van der Waals surface area contributed by atoms with Gasteiger partial charge in [-0.1, -0.05) is 45.9 Å². The Labute approximate surface area is 119 Å². The highest BCUT2D eigenvalue weighted by Gasteiger charge is 2.22. The summed E-state index contributed by atoms with van der Waals surface area (Å²) in [6, 6.07) is 6.90. The van der Waals surface area contributed by atoms with Gasteiger partial charge in [0.05, 0.1) is 0 Å². The second-order valence-electron chi connectivity index (χ2n) is 6.78. The quantitative estimate of drug-likeness (QED) is 0.761. The van der Waals surface area contributed by atoms with Crippen molar-refractivity contribution in [3.05, 3.63) is 34.9 Å². The van der Waals surface area contributed by atoms with Crippen LogP contribution < -0.4 is 5.32 Å². The Hall–Kier alpha value is -0.820. The summed E-state index contributed by atoms with van der Waals surface area (Å²) in [7, 11) is 0. The first-order chi connectivity index (χ1) is 8.86. The standard InChI is InChI=1S/C18H31N/c1-7-18(6,13-19-12-14(2)3)11-17-9-8-15(4)16(5)10-17/h8-10,14,19H,7,11-13H2,1-6H3. The molecule has 1 nitrogen and oxygen atoms in total. The van der Waals surface area contributed by atoms with E-state index in [-0.39, 0.29) is 0 Å². The Morgan fingerprint density at radius 2 is 1.84 bits per heavy atom. The van der Waals surface area contributed by atoms with Crippen molar-refractivity contribution in [2.75, 3.05) is 13.1 Å². The van der Waals surface area contributed by atoms with Gasteiger partial charge in [-0.2, -0.15) is 0 Å². The van der Waals surface area contributed by atoms with E-state index in [1.807, 2.05) is 0 Å². The first-order valence-electron chi connectivity index (χ1n) is 7.63. The van der Waals surface area contributed by atoms with Gasteiger partial charge in [0.2, 0.25) is 0 Å². The molecule has 0 bridgehead atoms. The molecule has 0 saturated heterocycles. The maximum absolute atomic E-state index is 3.62. The average Bonchev–Trinajstić information content (AvgIpc) is 2.33. The zero-order chi connectivity index (χ0) is 14.5. The molecule has 1 aromatic rings. The van der Waals surface area contributed by atoms with Crippen LogP contribution in [0.4, 0.5) is 0 Å². The summed E-state index contributed by atoms with van der Waals surface area (Å²) in [6.45, 7) is 15.8. The molecule has 0 aromatic heterocycles. The fourth-order valence-corrected chi connectivity index (χ4v) is 2.38. The van der Waals surface area contributed by atoms with E-state index in [0.29, 0.717) is 5.41 Å². The van der Waals surface area contributed by atoms with Gasteiger partial charge in [0.1, 0.15) is 0 Å². The molecule has 0 amide bonds. The minimum absolute atomic E-state index is 0.358. The van der Waals surface area contributed by atoms with Crippen LogP contribution in [0.1, 0.15) is 50.8 Å². The average molecular weight is 261 g/mol. The third kappa shape index (κ3) is 5.36. The van der Waals surface area contributed by atoms with Crippen molar-refractivity contribution in [1.82, 2.24) is 5.32 Å². The van der Waals surface area contributed by atoms with Crippen LogP contribution in [0.25, 0.3) is 0 Å². The summed E-state index contributed by atoms with van der Waals surface area (Å²) in [5.74, 6) is 0.725. The highest BCUT2D eigenvalue weighted by atomic mass is 14.9. The van der Waals surface area contributed by atoms with Crippen LogP contribution in [0.2, 0.25) is 0 Å². The summed E-state index contributed by atoms with van der Waals surface area (Å²) < 4.78 is 0. The SMILES string of the molecule is CCC(C)(CNCC(C)C)Cc1ccc(C)c(C)c1. The Kier molecular flexibility index (Phi) is 6.06. The van der Waals surface area contributed by atoms with Gasteiger partial charge in [-0.15, -0.1) is 0 Å². The van der Waals surface area contributed by atoms with Gasteiger partial charge in [0, 0.05) is 6.54 Å². The topological polar surface area (TPSA) is 12.0 Å². The fourth-order valence-electron chi connectivity index (χ4n) is 2.38. The van der Waals surface area contributed by atoms with E-state index in [1.165, 1.54) is 23.1 Å². The lowest BCUT2D eigenvalue weighted by molar-refractivity contribution is 0.285. The maximum atomic E-state index is 3.62. The maximum Gasteiger partial charge on any atom is 0.000836 e. The van der Waals surface area contributed by atoms with Gasteiger partial charge in [-0.3, -0.25) is 0 Å². The number of rotatable bonds is 7. The molecule has 1 aromatic carbocycles. The van der Waals surface area contributed by atoms with Crippen molar-refractivity contribution in [3.8, 4) is 0 Å². The lowest BCUT2D eigenvalue weighted by Crippen LogP contribution is -2.35. The molecule has 1 heteroatoms. The van der Waals surface area contributed by atoms with Crippen LogP contribution >= 0.6 is 0 Å². The van der Waals surface area contributed by atoms with Crippen LogP contribution in [0, 0.1) is 25.2 Å². The zero-order valence-electron chi connectivity index (χ0n) is 13.6.